The first-order chi connectivity index (χ1) is 8.56. The van der Waals surface area contributed by atoms with Crippen molar-refractivity contribution in [2.45, 2.75) is 13.3 Å². The van der Waals surface area contributed by atoms with Crippen LogP contribution < -0.4 is 16.4 Å². The first-order valence-corrected chi connectivity index (χ1v) is 6.03. The van der Waals surface area contributed by atoms with E-state index in [0.717, 1.165) is 6.42 Å². The summed E-state index contributed by atoms with van der Waals surface area (Å²) in [6, 6.07) is 4.81. The number of carbonyl (C=O) groups is 2. The second-order valence-corrected chi connectivity index (χ2v) is 4.14. The molecule has 1 rings (SSSR count). The van der Waals surface area contributed by atoms with Crippen LogP contribution >= 0.6 is 11.6 Å². The molecule has 0 atom stereocenters. The van der Waals surface area contributed by atoms with Crippen LogP contribution in [0.5, 0.6) is 0 Å². The molecule has 1 aromatic rings. The molecule has 0 spiro atoms. The summed E-state index contributed by atoms with van der Waals surface area (Å²) in [7, 11) is 0. The highest BCUT2D eigenvalue weighted by Crippen LogP contribution is 2.21. The van der Waals surface area contributed by atoms with Crippen LogP contribution in [0.4, 0.5) is 5.69 Å². The summed E-state index contributed by atoms with van der Waals surface area (Å²) in [6.45, 7) is 2.44. The quantitative estimate of drug-likeness (QED) is 0.702. The summed E-state index contributed by atoms with van der Waals surface area (Å²) >= 11 is 5.88. The summed E-state index contributed by atoms with van der Waals surface area (Å²) in [5.41, 5.74) is 6.15. The molecule has 0 heterocycles. The molecule has 5 nitrogen and oxygen atoms in total. The van der Waals surface area contributed by atoms with Crippen LogP contribution in [-0.4, -0.2) is 24.9 Å². The van der Waals surface area contributed by atoms with Gasteiger partial charge in [-0.25, -0.2) is 0 Å². The number of rotatable bonds is 5. The number of nitrogens with one attached hydrogen (secondary N) is 2. The van der Waals surface area contributed by atoms with Gasteiger partial charge in [0.1, 0.15) is 0 Å². The Labute approximate surface area is 111 Å². The number of halogens is 1. The number of hydrogen-bond donors (Lipinski definition) is 3. The topological polar surface area (TPSA) is 84.2 Å². The minimum Gasteiger partial charge on any atom is -0.398 e. The molecular weight excluding hydrogens is 254 g/mol. The number of amides is 2. The lowest BCUT2D eigenvalue weighted by Crippen LogP contribution is -2.37. The van der Waals surface area contributed by atoms with Crippen LogP contribution in [0.25, 0.3) is 0 Å². The molecule has 0 bridgehead atoms. The van der Waals surface area contributed by atoms with Crippen molar-refractivity contribution in [2.24, 2.45) is 0 Å². The minimum absolute atomic E-state index is 0.0938. The smallest absolute Gasteiger partial charge is 0.255 e. The highest BCUT2D eigenvalue weighted by molar-refractivity contribution is 6.34. The van der Waals surface area contributed by atoms with Gasteiger partial charge in [0.05, 0.1) is 17.1 Å². The summed E-state index contributed by atoms with van der Waals surface area (Å²) in [5.74, 6) is -0.694. The number of benzene rings is 1. The standard InChI is InChI=1S/C12H16ClN3O2/c1-2-6-15-10(17)7-16-12(18)11-8(13)4-3-5-9(11)14/h3-5H,2,6-7,14H2,1H3,(H,15,17)(H,16,18). The van der Waals surface area contributed by atoms with Crippen LogP contribution in [0.1, 0.15) is 23.7 Å². The molecule has 0 radical (unpaired) electrons. The third-order valence-corrected chi connectivity index (χ3v) is 2.57. The zero-order valence-corrected chi connectivity index (χ0v) is 10.9. The second kappa shape index (κ2) is 6.86. The molecule has 0 saturated carbocycles. The Morgan fingerprint density at radius 2 is 2.06 bits per heavy atom. The van der Waals surface area contributed by atoms with Crippen LogP contribution in [0.2, 0.25) is 5.02 Å². The fourth-order valence-electron chi connectivity index (χ4n) is 1.36. The van der Waals surface area contributed by atoms with Gasteiger partial charge in [-0.05, 0) is 18.6 Å². The van der Waals surface area contributed by atoms with E-state index < -0.39 is 5.91 Å². The number of hydrogen-bond acceptors (Lipinski definition) is 3. The van der Waals surface area contributed by atoms with E-state index >= 15 is 0 Å². The fraction of sp³-hybridized carbons (Fsp3) is 0.333. The van der Waals surface area contributed by atoms with Crippen LogP contribution in [0.15, 0.2) is 18.2 Å². The molecule has 1 aromatic carbocycles. The van der Waals surface area contributed by atoms with E-state index in [1.807, 2.05) is 6.92 Å². The van der Waals surface area contributed by atoms with Crippen molar-refractivity contribution in [3.8, 4) is 0 Å². The zero-order valence-electron chi connectivity index (χ0n) is 10.1. The van der Waals surface area contributed by atoms with Gasteiger partial charge in [-0.1, -0.05) is 24.6 Å². The van der Waals surface area contributed by atoms with E-state index in [0.29, 0.717) is 6.54 Å². The van der Waals surface area contributed by atoms with Gasteiger partial charge in [0.15, 0.2) is 0 Å². The highest BCUT2D eigenvalue weighted by Gasteiger charge is 2.14. The Morgan fingerprint density at radius 3 is 2.67 bits per heavy atom. The largest absolute Gasteiger partial charge is 0.398 e. The molecule has 0 fully saturated rings. The number of carbonyl (C=O) groups excluding carboxylic acids is 2. The predicted molar refractivity (Wildman–Crippen MR) is 71.5 cm³/mol. The van der Waals surface area contributed by atoms with Gasteiger partial charge >= 0.3 is 0 Å². The van der Waals surface area contributed by atoms with Crippen molar-refractivity contribution < 1.29 is 9.59 Å². The maximum atomic E-state index is 11.8. The molecule has 0 aromatic heterocycles. The van der Waals surface area contributed by atoms with E-state index in [-0.39, 0.29) is 28.7 Å². The fourth-order valence-corrected chi connectivity index (χ4v) is 1.62. The van der Waals surface area contributed by atoms with Crippen LogP contribution in [0, 0.1) is 0 Å². The molecule has 2 amide bonds. The Balaban J connectivity index is 2.58. The predicted octanol–water partition coefficient (Wildman–Crippen LogP) is 1.18. The van der Waals surface area contributed by atoms with Crippen molar-refractivity contribution in [2.75, 3.05) is 18.8 Å². The lowest BCUT2D eigenvalue weighted by Gasteiger charge is -2.09. The SMILES string of the molecule is CCCNC(=O)CNC(=O)c1c(N)cccc1Cl. The third kappa shape index (κ3) is 3.92. The van der Waals surface area contributed by atoms with Gasteiger partial charge in [-0.3, -0.25) is 9.59 Å². The summed E-state index contributed by atoms with van der Waals surface area (Å²) in [4.78, 5) is 23.1. The molecular formula is C12H16ClN3O2. The Kier molecular flexibility index (Phi) is 5.45. The molecule has 0 aliphatic carbocycles. The monoisotopic (exact) mass is 269 g/mol. The van der Waals surface area contributed by atoms with Crippen LogP contribution in [-0.2, 0) is 4.79 Å². The Bertz CT molecular complexity index is 429. The van der Waals surface area contributed by atoms with Gasteiger partial charge < -0.3 is 16.4 Å². The van der Waals surface area contributed by atoms with Gasteiger partial charge in [-0.2, -0.15) is 0 Å². The lowest BCUT2D eigenvalue weighted by atomic mass is 10.1. The van der Waals surface area contributed by atoms with Crippen molar-refractivity contribution in [1.82, 2.24) is 10.6 Å². The molecule has 0 unspecified atom stereocenters. The van der Waals surface area contributed by atoms with Gasteiger partial charge in [0.25, 0.3) is 5.91 Å². The number of nitrogen functional groups attached to an aromatic ring is 1. The molecule has 0 saturated heterocycles. The summed E-state index contributed by atoms with van der Waals surface area (Å²) in [5, 5.41) is 5.39. The number of nitrogens with two attached hydrogens (primary N) is 1. The molecule has 6 heteroatoms. The average Bonchev–Trinajstić information content (AvgIpc) is 2.33. The van der Waals surface area contributed by atoms with Gasteiger partial charge in [0.2, 0.25) is 5.91 Å². The Morgan fingerprint density at radius 1 is 1.33 bits per heavy atom. The number of anilines is 1. The van der Waals surface area contributed by atoms with Crippen molar-refractivity contribution in [3.63, 3.8) is 0 Å². The molecule has 0 aliphatic rings. The van der Waals surface area contributed by atoms with Crippen molar-refractivity contribution in [1.29, 1.82) is 0 Å². The Hall–Kier alpha value is -1.75. The zero-order chi connectivity index (χ0) is 13.5. The highest BCUT2D eigenvalue weighted by atomic mass is 35.5. The van der Waals surface area contributed by atoms with Crippen molar-refractivity contribution in [3.05, 3.63) is 28.8 Å². The first-order valence-electron chi connectivity index (χ1n) is 5.65. The van der Waals surface area contributed by atoms with E-state index in [4.69, 9.17) is 17.3 Å². The second-order valence-electron chi connectivity index (χ2n) is 3.74. The average molecular weight is 270 g/mol. The normalized spacial score (nSPS) is 9.89. The van der Waals surface area contributed by atoms with E-state index in [1.54, 1.807) is 18.2 Å². The third-order valence-electron chi connectivity index (χ3n) is 2.25. The van der Waals surface area contributed by atoms with Crippen LogP contribution in [0.3, 0.4) is 0 Å². The molecule has 18 heavy (non-hydrogen) atoms. The van der Waals surface area contributed by atoms with E-state index in [9.17, 15) is 9.59 Å². The first kappa shape index (κ1) is 14.3. The minimum atomic E-state index is -0.454. The maximum Gasteiger partial charge on any atom is 0.255 e. The lowest BCUT2D eigenvalue weighted by molar-refractivity contribution is -0.120. The summed E-state index contributed by atoms with van der Waals surface area (Å²) in [6.07, 6.45) is 0.844. The van der Waals surface area contributed by atoms with Gasteiger partial charge in [0, 0.05) is 12.2 Å². The van der Waals surface area contributed by atoms with Crippen molar-refractivity contribution >= 4 is 29.1 Å². The van der Waals surface area contributed by atoms with Gasteiger partial charge in [-0.15, -0.1) is 0 Å². The molecule has 98 valence electrons. The van der Waals surface area contributed by atoms with E-state index in [2.05, 4.69) is 10.6 Å². The maximum absolute atomic E-state index is 11.8. The molecule has 4 N–H and O–H groups in total. The summed E-state index contributed by atoms with van der Waals surface area (Å²) < 4.78 is 0. The van der Waals surface area contributed by atoms with E-state index in [1.165, 1.54) is 0 Å². The molecule has 0 aliphatic heterocycles.